The van der Waals surface area contributed by atoms with Crippen molar-refractivity contribution in [2.24, 2.45) is 0 Å². The summed E-state index contributed by atoms with van der Waals surface area (Å²) in [5, 5.41) is 4.86. The maximum Gasteiger partial charge on any atom is 0.254 e. The van der Waals surface area contributed by atoms with Crippen LogP contribution in [-0.4, -0.2) is 56.6 Å². The Labute approximate surface area is 156 Å². The number of rotatable bonds is 3. The molecule has 1 fully saturated rings. The summed E-state index contributed by atoms with van der Waals surface area (Å²) in [5.41, 5.74) is 1.61. The van der Waals surface area contributed by atoms with Gasteiger partial charge >= 0.3 is 0 Å². The number of amides is 1. The van der Waals surface area contributed by atoms with Gasteiger partial charge in [-0.2, -0.15) is 14.6 Å². The van der Waals surface area contributed by atoms with Gasteiger partial charge in [-0.1, -0.05) is 24.6 Å². The predicted molar refractivity (Wildman–Crippen MR) is 99.7 cm³/mol. The number of carbonyl (C=O) groups is 1. The Balaban J connectivity index is 1.52. The number of piperazine rings is 1. The SMILES string of the molecule is CCc1cc(N2CCN(C(=O)c3cccc(Cl)c3)CC2)n2ncnc2n1. The Morgan fingerprint density at radius 3 is 2.73 bits per heavy atom. The normalized spacial score (nSPS) is 14.8. The lowest BCUT2D eigenvalue weighted by atomic mass is 10.2. The largest absolute Gasteiger partial charge is 0.353 e. The summed E-state index contributed by atoms with van der Waals surface area (Å²) in [6.07, 6.45) is 2.35. The van der Waals surface area contributed by atoms with Crippen molar-refractivity contribution in [3.8, 4) is 0 Å². The second-order valence-corrected chi connectivity index (χ2v) is 6.66. The first-order valence-electron chi connectivity index (χ1n) is 8.65. The molecular formula is C18H19ClN6O. The zero-order valence-corrected chi connectivity index (χ0v) is 15.2. The van der Waals surface area contributed by atoms with E-state index in [2.05, 4.69) is 33.0 Å². The smallest absolute Gasteiger partial charge is 0.254 e. The van der Waals surface area contributed by atoms with E-state index in [0.29, 0.717) is 29.5 Å². The average molecular weight is 371 g/mol. The summed E-state index contributed by atoms with van der Waals surface area (Å²) >= 11 is 6.00. The first-order chi connectivity index (χ1) is 12.7. The number of carbonyl (C=O) groups excluding carboxylic acids is 1. The first kappa shape index (κ1) is 16.8. The maximum absolute atomic E-state index is 12.7. The van der Waals surface area contributed by atoms with Gasteiger partial charge in [0.1, 0.15) is 12.1 Å². The van der Waals surface area contributed by atoms with E-state index >= 15 is 0 Å². The second-order valence-electron chi connectivity index (χ2n) is 6.22. The molecule has 1 aliphatic heterocycles. The van der Waals surface area contributed by atoms with Gasteiger partial charge in [0, 0.05) is 48.5 Å². The fourth-order valence-corrected chi connectivity index (χ4v) is 3.38. The van der Waals surface area contributed by atoms with Crippen molar-refractivity contribution in [3.05, 3.63) is 52.9 Å². The summed E-state index contributed by atoms with van der Waals surface area (Å²) in [6.45, 7) is 4.82. The van der Waals surface area contributed by atoms with Gasteiger partial charge in [0.05, 0.1) is 0 Å². The first-order valence-corrected chi connectivity index (χ1v) is 9.03. The third-order valence-corrected chi connectivity index (χ3v) is 4.85. The third kappa shape index (κ3) is 3.10. The minimum atomic E-state index is 0.0158. The van der Waals surface area contributed by atoms with E-state index < -0.39 is 0 Å². The molecule has 8 heteroatoms. The van der Waals surface area contributed by atoms with Crippen LogP contribution in [0.4, 0.5) is 5.82 Å². The van der Waals surface area contributed by atoms with Gasteiger partial charge in [0.25, 0.3) is 11.7 Å². The molecule has 0 bridgehead atoms. The summed E-state index contributed by atoms with van der Waals surface area (Å²) in [7, 11) is 0. The van der Waals surface area contributed by atoms with Gasteiger partial charge in [-0.15, -0.1) is 0 Å². The van der Waals surface area contributed by atoms with Crippen LogP contribution in [0.25, 0.3) is 5.78 Å². The van der Waals surface area contributed by atoms with Gasteiger partial charge in [-0.05, 0) is 24.6 Å². The van der Waals surface area contributed by atoms with E-state index in [9.17, 15) is 4.79 Å². The van der Waals surface area contributed by atoms with Crippen LogP contribution < -0.4 is 4.90 Å². The lowest BCUT2D eigenvalue weighted by Gasteiger charge is -2.36. The number of hydrogen-bond acceptors (Lipinski definition) is 5. The van der Waals surface area contributed by atoms with Crippen LogP contribution in [0, 0.1) is 0 Å². The molecular weight excluding hydrogens is 352 g/mol. The van der Waals surface area contributed by atoms with Gasteiger partial charge in [0.2, 0.25) is 0 Å². The van der Waals surface area contributed by atoms with Gasteiger partial charge in [0.15, 0.2) is 0 Å². The average Bonchev–Trinajstić information content (AvgIpc) is 3.15. The van der Waals surface area contributed by atoms with Crippen LogP contribution in [-0.2, 0) is 6.42 Å². The summed E-state index contributed by atoms with van der Waals surface area (Å²) < 4.78 is 1.76. The second kappa shape index (κ2) is 6.92. The number of benzene rings is 1. The molecule has 1 amide bonds. The van der Waals surface area contributed by atoms with Crippen LogP contribution in [0.5, 0.6) is 0 Å². The molecule has 0 spiro atoms. The molecule has 2 aromatic heterocycles. The van der Waals surface area contributed by atoms with Crippen LogP contribution in [0.3, 0.4) is 0 Å². The highest BCUT2D eigenvalue weighted by Crippen LogP contribution is 2.20. The minimum absolute atomic E-state index is 0.0158. The molecule has 7 nitrogen and oxygen atoms in total. The molecule has 0 saturated carbocycles. The number of hydrogen-bond donors (Lipinski definition) is 0. The third-order valence-electron chi connectivity index (χ3n) is 4.61. The Bertz CT molecular complexity index is 948. The number of aromatic nitrogens is 4. The molecule has 1 saturated heterocycles. The van der Waals surface area contributed by atoms with Crippen LogP contribution in [0.15, 0.2) is 36.7 Å². The van der Waals surface area contributed by atoms with Crippen LogP contribution in [0.2, 0.25) is 5.02 Å². The highest BCUT2D eigenvalue weighted by molar-refractivity contribution is 6.30. The fraction of sp³-hybridized carbons (Fsp3) is 0.333. The highest BCUT2D eigenvalue weighted by atomic mass is 35.5. The molecule has 0 atom stereocenters. The summed E-state index contributed by atoms with van der Waals surface area (Å²) in [5.74, 6) is 1.60. The zero-order valence-electron chi connectivity index (χ0n) is 14.5. The standard InChI is InChI=1S/C18H19ClN6O/c1-2-15-11-16(25-18(22-15)20-12-21-25)23-6-8-24(9-7-23)17(26)13-4-3-5-14(19)10-13/h3-5,10-12H,2,6-9H2,1H3. The number of fused-ring (bicyclic) bond motifs is 1. The summed E-state index contributed by atoms with van der Waals surface area (Å²) in [6, 6.07) is 9.14. The Morgan fingerprint density at radius 1 is 1.19 bits per heavy atom. The van der Waals surface area contributed by atoms with Crippen molar-refractivity contribution in [1.29, 1.82) is 0 Å². The van der Waals surface area contributed by atoms with E-state index in [4.69, 9.17) is 11.6 Å². The molecule has 3 heterocycles. The number of aryl methyl sites for hydroxylation is 1. The van der Waals surface area contributed by atoms with Crippen molar-refractivity contribution in [2.75, 3.05) is 31.1 Å². The lowest BCUT2D eigenvalue weighted by molar-refractivity contribution is 0.0746. The quantitative estimate of drug-likeness (QED) is 0.707. The van der Waals surface area contributed by atoms with Gasteiger partial charge in [-0.25, -0.2) is 4.98 Å². The molecule has 3 aromatic rings. The number of anilines is 1. The Kier molecular flexibility index (Phi) is 4.46. The van der Waals surface area contributed by atoms with Crippen molar-refractivity contribution in [2.45, 2.75) is 13.3 Å². The fourth-order valence-electron chi connectivity index (χ4n) is 3.19. The van der Waals surface area contributed by atoms with Crippen molar-refractivity contribution < 1.29 is 4.79 Å². The molecule has 1 aliphatic rings. The molecule has 0 aliphatic carbocycles. The lowest BCUT2D eigenvalue weighted by Crippen LogP contribution is -2.49. The van der Waals surface area contributed by atoms with E-state index in [0.717, 1.165) is 31.0 Å². The zero-order chi connectivity index (χ0) is 18.1. The molecule has 0 unspecified atom stereocenters. The molecule has 0 N–H and O–H groups in total. The van der Waals surface area contributed by atoms with Gasteiger partial charge < -0.3 is 9.80 Å². The van der Waals surface area contributed by atoms with E-state index in [1.807, 2.05) is 4.90 Å². The Hall–Kier alpha value is -2.67. The highest BCUT2D eigenvalue weighted by Gasteiger charge is 2.24. The van der Waals surface area contributed by atoms with Gasteiger partial charge in [-0.3, -0.25) is 4.79 Å². The van der Waals surface area contributed by atoms with Crippen LogP contribution in [0.1, 0.15) is 23.0 Å². The molecule has 26 heavy (non-hydrogen) atoms. The molecule has 1 aromatic carbocycles. The molecule has 0 radical (unpaired) electrons. The van der Waals surface area contributed by atoms with Crippen molar-refractivity contribution >= 4 is 29.1 Å². The monoisotopic (exact) mass is 370 g/mol. The van der Waals surface area contributed by atoms with Crippen LogP contribution >= 0.6 is 11.6 Å². The van der Waals surface area contributed by atoms with Crippen molar-refractivity contribution in [3.63, 3.8) is 0 Å². The molecule has 4 rings (SSSR count). The molecule has 134 valence electrons. The van der Waals surface area contributed by atoms with E-state index in [1.165, 1.54) is 6.33 Å². The van der Waals surface area contributed by atoms with Crippen molar-refractivity contribution in [1.82, 2.24) is 24.5 Å². The Morgan fingerprint density at radius 2 is 2.00 bits per heavy atom. The van der Waals surface area contributed by atoms with E-state index in [1.54, 1.807) is 28.8 Å². The number of nitrogens with zero attached hydrogens (tertiary/aromatic N) is 6. The topological polar surface area (TPSA) is 66.6 Å². The maximum atomic E-state index is 12.7. The predicted octanol–water partition coefficient (Wildman–Crippen LogP) is 2.30. The minimum Gasteiger partial charge on any atom is -0.353 e. The van der Waals surface area contributed by atoms with E-state index in [-0.39, 0.29) is 5.91 Å². The number of halogens is 1. The summed E-state index contributed by atoms with van der Waals surface area (Å²) in [4.78, 5) is 25.5.